The number of ether oxygens (including phenoxy) is 2. The number of aryl methyl sites for hydroxylation is 2. The first-order chi connectivity index (χ1) is 17.6. The highest BCUT2D eigenvalue weighted by molar-refractivity contribution is 5.82. The summed E-state index contributed by atoms with van der Waals surface area (Å²) in [5.41, 5.74) is 3.41. The van der Waals surface area contributed by atoms with Gasteiger partial charge in [-0.2, -0.15) is 13.2 Å². The van der Waals surface area contributed by atoms with Crippen molar-refractivity contribution in [3.63, 3.8) is 0 Å². The van der Waals surface area contributed by atoms with Gasteiger partial charge in [0, 0.05) is 35.2 Å². The number of carbonyl (C=O) groups is 1. The zero-order valence-corrected chi connectivity index (χ0v) is 21.2. The van der Waals surface area contributed by atoms with E-state index < -0.39 is 17.8 Å². The summed E-state index contributed by atoms with van der Waals surface area (Å²) in [5.74, 6) is 0.504. The number of fused-ring (bicyclic) bond motifs is 1. The number of oxazole rings is 1. The van der Waals surface area contributed by atoms with Gasteiger partial charge in [0.1, 0.15) is 11.5 Å². The smallest absolute Gasteiger partial charge is 0.416 e. The highest BCUT2D eigenvalue weighted by atomic mass is 19.4. The van der Waals surface area contributed by atoms with Crippen molar-refractivity contribution in [2.24, 2.45) is 0 Å². The minimum atomic E-state index is -4.40. The molecule has 0 aliphatic rings. The number of benzene rings is 2. The normalized spacial score (nSPS) is 12.7. The fourth-order valence-electron chi connectivity index (χ4n) is 4.31. The van der Waals surface area contributed by atoms with Crippen molar-refractivity contribution in [3.8, 4) is 11.5 Å². The Balaban J connectivity index is 1.57. The summed E-state index contributed by atoms with van der Waals surface area (Å²) < 4.78 is 57.3. The Morgan fingerprint density at radius 2 is 1.78 bits per heavy atom. The molecule has 0 fully saturated rings. The molecule has 2 aromatic heterocycles. The van der Waals surface area contributed by atoms with E-state index in [-0.39, 0.29) is 11.9 Å². The molecule has 0 bridgehead atoms. The second-order valence-corrected chi connectivity index (χ2v) is 8.76. The summed E-state index contributed by atoms with van der Waals surface area (Å²) in [4.78, 5) is 16.8. The standard InChI is InChI=1S/C28H29F3N2O4/c1-5-35-25(27(34)36-6-2)15-19-7-12-24-21(14-19)13-17(3)33(24)16-23-18(4)37-26(32-23)20-8-10-22(11-9-20)28(29,30)31/h7-14,25H,5-6,15-16H2,1-4H3. The molecule has 4 rings (SSSR count). The zero-order chi connectivity index (χ0) is 26.7. The zero-order valence-electron chi connectivity index (χ0n) is 21.2. The van der Waals surface area contributed by atoms with Crippen molar-refractivity contribution < 1.29 is 31.9 Å². The van der Waals surface area contributed by atoms with Crippen molar-refractivity contribution in [2.45, 2.75) is 52.9 Å². The van der Waals surface area contributed by atoms with Gasteiger partial charge in [-0.15, -0.1) is 0 Å². The Kier molecular flexibility index (Phi) is 7.73. The fourth-order valence-corrected chi connectivity index (χ4v) is 4.31. The van der Waals surface area contributed by atoms with Gasteiger partial charge in [0.2, 0.25) is 5.89 Å². The maximum atomic E-state index is 12.9. The number of carbonyl (C=O) groups excluding carboxylic acids is 1. The molecule has 2 heterocycles. The SMILES string of the molecule is CCOC(=O)C(Cc1ccc2c(c1)cc(C)n2Cc1nc(-c2ccc(C(F)(F)F)cc2)oc1C)OCC. The largest absolute Gasteiger partial charge is 0.464 e. The molecule has 6 nitrogen and oxygen atoms in total. The first-order valence-electron chi connectivity index (χ1n) is 12.1. The monoisotopic (exact) mass is 514 g/mol. The second kappa shape index (κ2) is 10.8. The van der Waals surface area contributed by atoms with Crippen LogP contribution >= 0.6 is 0 Å². The van der Waals surface area contributed by atoms with E-state index in [9.17, 15) is 18.0 Å². The van der Waals surface area contributed by atoms with E-state index in [4.69, 9.17) is 13.9 Å². The van der Waals surface area contributed by atoms with Crippen LogP contribution in [0.15, 0.2) is 52.9 Å². The fraction of sp³-hybridized carbons (Fsp3) is 0.357. The number of esters is 1. The number of nitrogens with zero attached hydrogens (tertiary/aromatic N) is 2. The number of hydrogen-bond donors (Lipinski definition) is 0. The van der Waals surface area contributed by atoms with Gasteiger partial charge in [0.25, 0.3) is 0 Å². The van der Waals surface area contributed by atoms with E-state index >= 15 is 0 Å². The number of rotatable bonds is 9. The van der Waals surface area contributed by atoms with Crippen LogP contribution in [-0.2, 0) is 33.4 Å². The van der Waals surface area contributed by atoms with Crippen molar-refractivity contribution in [1.29, 1.82) is 0 Å². The first kappa shape index (κ1) is 26.5. The van der Waals surface area contributed by atoms with E-state index in [1.807, 2.05) is 32.0 Å². The van der Waals surface area contributed by atoms with Crippen molar-refractivity contribution >= 4 is 16.9 Å². The van der Waals surface area contributed by atoms with Crippen molar-refractivity contribution in [2.75, 3.05) is 13.2 Å². The molecule has 0 aliphatic heterocycles. The lowest BCUT2D eigenvalue weighted by Gasteiger charge is -2.15. The maximum absolute atomic E-state index is 12.9. The molecule has 0 spiro atoms. The summed E-state index contributed by atoms with van der Waals surface area (Å²) in [6, 6.07) is 12.8. The Labute approximate surface area is 213 Å². The van der Waals surface area contributed by atoms with Crippen LogP contribution in [0.25, 0.3) is 22.4 Å². The Morgan fingerprint density at radius 3 is 2.43 bits per heavy atom. The minimum absolute atomic E-state index is 0.276. The second-order valence-electron chi connectivity index (χ2n) is 8.76. The number of hydrogen-bond acceptors (Lipinski definition) is 5. The third-order valence-corrected chi connectivity index (χ3v) is 6.17. The van der Waals surface area contributed by atoms with Crippen LogP contribution in [0.2, 0.25) is 0 Å². The quantitative estimate of drug-likeness (QED) is 0.239. The van der Waals surface area contributed by atoms with Gasteiger partial charge in [-0.1, -0.05) is 6.07 Å². The maximum Gasteiger partial charge on any atom is 0.416 e. The first-order valence-corrected chi connectivity index (χ1v) is 12.1. The number of halogens is 3. The van der Waals surface area contributed by atoms with E-state index in [0.717, 1.165) is 34.3 Å². The summed E-state index contributed by atoms with van der Waals surface area (Å²) in [6.45, 7) is 8.54. The number of aromatic nitrogens is 2. The van der Waals surface area contributed by atoms with Crippen LogP contribution in [-0.4, -0.2) is 34.8 Å². The molecular weight excluding hydrogens is 485 g/mol. The summed E-state index contributed by atoms with van der Waals surface area (Å²) in [5, 5.41) is 1.01. The third kappa shape index (κ3) is 5.88. The lowest BCUT2D eigenvalue weighted by atomic mass is 10.1. The van der Waals surface area contributed by atoms with E-state index in [2.05, 4.69) is 15.6 Å². The predicted octanol–water partition coefficient (Wildman–Crippen LogP) is 6.49. The van der Waals surface area contributed by atoms with Crippen LogP contribution < -0.4 is 0 Å². The average Bonchev–Trinajstić information content (AvgIpc) is 3.37. The van der Waals surface area contributed by atoms with Gasteiger partial charge in [-0.05, 0) is 75.7 Å². The molecule has 4 aromatic rings. The topological polar surface area (TPSA) is 66.5 Å². The minimum Gasteiger partial charge on any atom is -0.464 e. The van der Waals surface area contributed by atoms with Crippen LogP contribution in [0.4, 0.5) is 13.2 Å². The molecule has 9 heteroatoms. The molecule has 0 saturated carbocycles. The molecule has 196 valence electrons. The van der Waals surface area contributed by atoms with Crippen LogP contribution in [0.5, 0.6) is 0 Å². The summed E-state index contributed by atoms with van der Waals surface area (Å²) >= 11 is 0. The van der Waals surface area contributed by atoms with Crippen molar-refractivity contribution in [1.82, 2.24) is 9.55 Å². The molecule has 1 atom stereocenters. The molecule has 37 heavy (non-hydrogen) atoms. The predicted molar refractivity (Wildman–Crippen MR) is 133 cm³/mol. The van der Waals surface area contributed by atoms with Gasteiger partial charge >= 0.3 is 12.1 Å². The lowest BCUT2D eigenvalue weighted by molar-refractivity contribution is -0.156. The Morgan fingerprint density at radius 1 is 1.05 bits per heavy atom. The van der Waals surface area contributed by atoms with E-state index in [1.165, 1.54) is 12.1 Å². The average molecular weight is 515 g/mol. The van der Waals surface area contributed by atoms with Crippen LogP contribution in [0, 0.1) is 13.8 Å². The summed E-state index contributed by atoms with van der Waals surface area (Å²) in [7, 11) is 0. The molecule has 0 N–H and O–H groups in total. The molecule has 1 unspecified atom stereocenters. The molecule has 0 saturated heterocycles. The molecule has 0 aliphatic carbocycles. The number of alkyl halides is 3. The molecular formula is C28H29F3N2O4. The van der Waals surface area contributed by atoms with Crippen LogP contribution in [0.1, 0.15) is 42.1 Å². The summed E-state index contributed by atoms with van der Waals surface area (Å²) in [6.07, 6.45) is -4.65. The van der Waals surface area contributed by atoms with Crippen molar-refractivity contribution in [3.05, 3.63) is 76.8 Å². The van der Waals surface area contributed by atoms with E-state index in [1.54, 1.807) is 13.8 Å². The third-order valence-electron chi connectivity index (χ3n) is 6.17. The van der Waals surface area contributed by atoms with Gasteiger partial charge in [-0.3, -0.25) is 0 Å². The molecule has 2 aromatic carbocycles. The lowest BCUT2D eigenvalue weighted by Crippen LogP contribution is -2.28. The van der Waals surface area contributed by atoms with E-state index in [0.29, 0.717) is 43.2 Å². The Hall–Kier alpha value is -3.59. The van der Waals surface area contributed by atoms with Crippen LogP contribution in [0.3, 0.4) is 0 Å². The van der Waals surface area contributed by atoms with Gasteiger partial charge < -0.3 is 18.5 Å². The van der Waals surface area contributed by atoms with Gasteiger partial charge in [0.15, 0.2) is 6.10 Å². The Bertz CT molecular complexity index is 1390. The molecule has 0 amide bonds. The van der Waals surface area contributed by atoms with Gasteiger partial charge in [-0.25, -0.2) is 9.78 Å². The highest BCUT2D eigenvalue weighted by Gasteiger charge is 2.30. The molecule has 0 radical (unpaired) electrons. The van der Waals surface area contributed by atoms with Gasteiger partial charge in [0.05, 0.1) is 18.7 Å². The highest BCUT2D eigenvalue weighted by Crippen LogP contribution is 2.32.